The van der Waals surface area contributed by atoms with E-state index < -0.39 is 0 Å². The predicted octanol–water partition coefficient (Wildman–Crippen LogP) is 3.04. The number of anilines is 1. The van der Waals surface area contributed by atoms with Gasteiger partial charge in [0, 0.05) is 24.8 Å². The molecule has 1 aliphatic rings. The minimum atomic E-state index is 0.666. The van der Waals surface area contributed by atoms with Crippen LogP contribution in [0, 0.1) is 6.20 Å². The second-order valence-electron chi connectivity index (χ2n) is 4.41. The third-order valence-corrected chi connectivity index (χ3v) is 3.48. The van der Waals surface area contributed by atoms with Crippen molar-refractivity contribution in [2.75, 3.05) is 31.2 Å². The third kappa shape index (κ3) is 2.57. The molecule has 1 radical (unpaired) electrons. The van der Waals surface area contributed by atoms with Crippen LogP contribution >= 0.6 is 11.6 Å². The fourth-order valence-corrected chi connectivity index (χ4v) is 2.55. The van der Waals surface area contributed by atoms with Crippen molar-refractivity contribution in [2.24, 2.45) is 0 Å². The van der Waals surface area contributed by atoms with Gasteiger partial charge in [0.2, 0.25) is 0 Å². The summed E-state index contributed by atoms with van der Waals surface area (Å²) in [5.41, 5.74) is 3.04. The number of ether oxygens (including phenoxy) is 1. The van der Waals surface area contributed by atoms with E-state index in [1.807, 2.05) is 30.3 Å². The second-order valence-corrected chi connectivity index (χ2v) is 4.81. The molecule has 0 aliphatic carbocycles. The molecular formula is C15H14ClN2O. The normalized spacial score (nSPS) is 15.5. The first-order valence-corrected chi connectivity index (χ1v) is 6.68. The van der Waals surface area contributed by atoms with E-state index in [0.717, 1.165) is 43.1 Å². The number of benzene rings is 1. The van der Waals surface area contributed by atoms with Crippen molar-refractivity contribution >= 4 is 17.3 Å². The van der Waals surface area contributed by atoms with Crippen LogP contribution in [0.3, 0.4) is 0 Å². The Morgan fingerprint density at radius 2 is 1.89 bits per heavy atom. The lowest BCUT2D eigenvalue weighted by Gasteiger charge is -2.31. The van der Waals surface area contributed by atoms with Crippen LogP contribution in [0.25, 0.3) is 11.1 Å². The third-order valence-electron chi connectivity index (χ3n) is 3.21. The van der Waals surface area contributed by atoms with Gasteiger partial charge in [0.15, 0.2) is 0 Å². The summed E-state index contributed by atoms with van der Waals surface area (Å²) in [6, 6.07) is 10.1. The van der Waals surface area contributed by atoms with Crippen molar-refractivity contribution < 1.29 is 4.74 Å². The summed E-state index contributed by atoms with van der Waals surface area (Å²) in [7, 11) is 0. The van der Waals surface area contributed by atoms with E-state index >= 15 is 0 Å². The summed E-state index contributed by atoms with van der Waals surface area (Å²) in [6.07, 6.45) is 4.73. The molecule has 2 heterocycles. The molecular weight excluding hydrogens is 260 g/mol. The molecule has 1 fully saturated rings. The molecule has 3 rings (SSSR count). The van der Waals surface area contributed by atoms with E-state index in [9.17, 15) is 0 Å². The molecule has 97 valence electrons. The Hall–Kier alpha value is -1.58. The summed E-state index contributed by atoms with van der Waals surface area (Å²) in [4.78, 5) is 6.34. The van der Waals surface area contributed by atoms with Gasteiger partial charge in [0.25, 0.3) is 0 Å². The van der Waals surface area contributed by atoms with E-state index in [2.05, 4.69) is 16.1 Å². The van der Waals surface area contributed by atoms with Crippen LogP contribution in [0.4, 0.5) is 5.69 Å². The Morgan fingerprint density at radius 3 is 2.63 bits per heavy atom. The van der Waals surface area contributed by atoms with Crippen LogP contribution in [-0.4, -0.2) is 31.3 Å². The molecule has 1 aromatic carbocycles. The van der Waals surface area contributed by atoms with Gasteiger partial charge in [-0.15, -0.1) is 0 Å². The van der Waals surface area contributed by atoms with Gasteiger partial charge in [-0.2, -0.15) is 0 Å². The highest BCUT2D eigenvalue weighted by molar-refractivity contribution is 6.33. The maximum atomic E-state index is 6.35. The number of nitrogens with zero attached hydrogens (tertiary/aromatic N) is 2. The van der Waals surface area contributed by atoms with Crippen molar-refractivity contribution in [3.05, 3.63) is 47.7 Å². The van der Waals surface area contributed by atoms with Crippen molar-refractivity contribution in [3.8, 4) is 11.1 Å². The molecule has 1 aliphatic heterocycles. The van der Waals surface area contributed by atoms with Gasteiger partial charge in [0.1, 0.15) is 0 Å². The quantitative estimate of drug-likeness (QED) is 0.841. The average Bonchev–Trinajstić information content (AvgIpc) is 2.49. The highest BCUT2D eigenvalue weighted by Gasteiger charge is 2.19. The molecule has 2 aromatic rings. The summed E-state index contributed by atoms with van der Waals surface area (Å²) in [5.74, 6) is 0. The highest BCUT2D eigenvalue weighted by Crippen LogP contribution is 2.35. The fraction of sp³-hybridized carbons (Fsp3) is 0.267. The van der Waals surface area contributed by atoms with Crippen LogP contribution in [-0.2, 0) is 4.74 Å². The van der Waals surface area contributed by atoms with Crippen LogP contribution < -0.4 is 4.90 Å². The highest BCUT2D eigenvalue weighted by atomic mass is 35.5. The Balaban J connectivity index is 2.07. The largest absolute Gasteiger partial charge is 0.378 e. The minimum absolute atomic E-state index is 0.666. The monoisotopic (exact) mass is 273 g/mol. The lowest BCUT2D eigenvalue weighted by molar-refractivity contribution is 0.123. The molecule has 4 heteroatoms. The van der Waals surface area contributed by atoms with E-state index in [0.29, 0.717) is 5.02 Å². The van der Waals surface area contributed by atoms with E-state index in [1.54, 1.807) is 6.20 Å². The number of hydrogen-bond acceptors (Lipinski definition) is 3. The summed E-state index contributed by atoms with van der Waals surface area (Å²) in [5, 5.41) is 0.666. The summed E-state index contributed by atoms with van der Waals surface area (Å²) >= 11 is 6.35. The molecule has 19 heavy (non-hydrogen) atoms. The van der Waals surface area contributed by atoms with Crippen molar-refractivity contribution in [2.45, 2.75) is 0 Å². The number of hydrogen-bond donors (Lipinski definition) is 0. The molecule has 0 atom stereocenters. The Morgan fingerprint density at radius 1 is 1.16 bits per heavy atom. The average molecular weight is 274 g/mol. The zero-order valence-corrected chi connectivity index (χ0v) is 11.2. The first-order valence-electron chi connectivity index (χ1n) is 6.30. The van der Waals surface area contributed by atoms with Gasteiger partial charge in [-0.1, -0.05) is 41.9 Å². The second kappa shape index (κ2) is 5.59. The molecule has 0 unspecified atom stereocenters. The number of morpholine rings is 1. The van der Waals surface area contributed by atoms with Crippen molar-refractivity contribution in [1.29, 1.82) is 0 Å². The van der Waals surface area contributed by atoms with Crippen LogP contribution in [0.2, 0.25) is 5.02 Å². The van der Waals surface area contributed by atoms with Crippen molar-refractivity contribution in [3.63, 3.8) is 0 Å². The zero-order valence-electron chi connectivity index (χ0n) is 10.5. The molecule has 0 spiro atoms. The number of pyridine rings is 1. The zero-order chi connectivity index (χ0) is 13.1. The van der Waals surface area contributed by atoms with Gasteiger partial charge in [0.05, 0.1) is 30.1 Å². The standard InChI is InChI=1S/C15H14ClN2O/c16-14-11-17-10-13(12-4-2-1-3-5-12)15(14)18-6-8-19-9-7-18/h1-5,11H,6-9H2. The first kappa shape index (κ1) is 12.5. The van der Waals surface area contributed by atoms with E-state index in [4.69, 9.17) is 16.3 Å². The molecule has 0 N–H and O–H groups in total. The van der Waals surface area contributed by atoms with Crippen LogP contribution in [0.15, 0.2) is 36.5 Å². The fourth-order valence-electron chi connectivity index (χ4n) is 2.29. The molecule has 3 nitrogen and oxygen atoms in total. The molecule has 0 amide bonds. The van der Waals surface area contributed by atoms with Gasteiger partial charge >= 0.3 is 0 Å². The number of aromatic nitrogens is 1. The SMILES string of the molecule is Clc1cn[c]c(-c2ccccc2)c1N1CCOCC1. The van der Waals surface area contributed by atoms with Crippen molar-refractivity contribution in [1.82, 2.24) is 4.98 Å². The van der Waals surface area contributed by atoms with Gasteiger partial charge in [-0.3, -0.25) is 4.98 Å². The maximum Gasteiger partial charge on any atom is 0.0993 e. The molecule has 0 bridgehead atoms. The van der Waals surface area contributed by atoms with Gasteiger partial charge in [-0.25, -0.2) is 0 Å². The van der Waals surface area contributed by atoms with Gasteiger partial charge in [-0.05, 0) is 5.56 Å². The number of halogens is 1. The summed E-state index contributed by atoms with van der Waals surface area (Å²) < 4.78 is 5.40. The topological polar surface area (TPSA) is 25.4 Å². The maximum absolute atomic E-state index is 6.35. The first-order chi connectivity index (χ1) is 9.36. The molecule has 1 saturated heterocycles. The lowest BCUT2D eigenvalue weighted by atomic mass is 10.1. The Labute approximate surface area is 117 Å². The van der Waals surface area contributed by atoms with E-state index in [1.165, 1.54) is 0 Å². The summed E-state index contributed by atoms with van der Waals surface area (Å²) in [6.45, 7) is 3.15. The van der Waals surface area contributed by atoms with Crippen LogP contribution in [0.1, 0.15) is 0 Å². The van der Waals surface area contributed by atoms with Gasteiger partial charge < -0.3 is 9.64 Å². The molecule has 0 saturated carbocycles. The van der Waals surface area contributed by atoms with E-state index in [-0.39, 0.29) is 0 Å². The Bertz CT molecular complexity index is 553. The lowest BCUT2D eigenvalue weighted by Crippen LogP contribution is -2.36. The predicted molar refractivity (Wildman–Crippen MR) is 76.6 cm³/mol. The molecule has 1 aromatic heterocycles. The number of rotatable bonds is 2. The minimum Gasteiger partial charge on any atom is -0.378 e. The van der Waals surface area contributed by atoms with Crippen LogP contribution in [0.5, 0.6) is 0 Å². The Kier molecular flexibility index (Phi) is 3.67. The smallest absolute Gasteiger partial charge is 0.0993 e.